The highest BCUT2D eigenvalue weighted by molar-refractivity contribution is 5.79. The van der Waals surface area contributed by atoms with Crippen molar-refractivity contribution in [3.05, 3.63) is 48.5 Å². The van der Waals surface area contributed by atoms with Gasteiger partial charge in [-0.25, -0.2) is 4.39 Å². The van der Waals surface area contributed by atoms with Gasteiger partial charge in [0, 0.05) is 45.2 Å². The van der Waals surface area contributed by atoms with E-state index in [2.05, 4.69) is 20.2 Å². The van der Waals surface area contributed by atoms with Crippen LogP contribution in [0.15, 0.2) is 42.7 Å². The molecule has 1 aromatic carbocycles. The smallest absolute Gasteiger partial charge is 0.225 e. The quantitative estimate of drug-likeness (QED) is 0.657. The van der Waals surface area contributed by atoms with Gasteiger partial charge >= 0.3 is 0 Å². The Morgan fingerprint density at radius 3 is 2.47 bits per heavy atom. The van der Waals surface area contributed by atoms with E-state index >= 15 is 0 Å². The van der Waals surface area contributed by atoms with Crippen LogP contribution in [0, 0.1) is 11.7 Å². The number of halogens is 1. The van der Waals surface area contributed by atoms with Gasteiger partial charge in [0.25, 0.3) is 0 Å². The van der Waals surface area contributed by atoms with Gasteiger partial charge < -0.3 is 14.7 Å². The number of nitrogens with zero attached hydrogens (tertiary/aromatic N) is 7. The molecule has 0 unspecified atom stereocenters. The predicted octanol–water partition coefficient (Wildman–Crippen LogP) is 1.83. The van der Waals surface area contributed by atoms with Crippen molar-refractivity contribution < 1.29 is 9.18 Å². The van der Waals surface area contributed by atoms with Crippen molar-refractivity contribution in [2.75, 3.05) is 49.1 Å². The number of anilines is 2. The number of aromatic nitrogens is 4. The normalized spacial score (nSPS) is 18.2. The lowest BCUT2D eigenvalue weighted by Gasteiger charge is -2.39. The summed E-state index contributed by atoms with van der Waals surface area (Å²) in [6, 6.07) is 10.7. The SMILES string of the molecule is O=C(C1CCN(c2ccc3nncn3n2)CC1)N1CCN(c2ccccc2F)CC1. The lowest BCUT2D eigenvalue weighted by molar-refractivity contribution is -0.136. The topological polar surface area (TPSA) is 69.9 Å². The molecule has 2 saturated heterocycles. The number of para-hydroxylation sites is 1. The van der Waals surface area contributed by atoms with Gasteiger partial charge in [-0.15, -0.1) is 15.3 Å². The Morgan fingerprint density at radius 2 is 1.70 bits per heavy atom. The second kappa shape index (κ2) is 7.89. The first-order valence-corrected chi connectivity index (χ1v) is 10.4. The van der Waals surface area contributed by atoms with Crippen molar-refractivity contribution >= 4 is 23.1 Å². The molecule has 0 spiro atoms. The zero-order valence-electron chi connectivity index (χ0n) is 16.7. The molecule has 2 aromatic heterocycles. The molecule has 5 rings (SSSR count). The van der Waals surface area contributed by atoms with Gasteiger partial charge in [-0.3, -0.25) is 4.79 Å². The second-order valence-electron chi connectivity index (χ2n) is 7.85. The fraction of sp³-hybridized carbons (Fsp3) is 0.429. The van der Waals surface area contributed by atoms with Crippen LogP contribution in [0.1, 0.15) is 12.8 Å². The van der Waals surface area contributed by atoms with Crippen molar-refractivity contribution in [3.8, 4) is 0 Å². The van der Waals surface area contributed by atoms with Crippen molar-refractivity contribution in [2.45, 2.75) is 12.8 Å². The third kappa shape index (κ3) is 3.55. The summed E-state index contributed by atoms with van der Waals surface area (Å²) in [6.07, 6.45) is 3.22. The Kier molecular flexibility index (Phi) is 4.94. The van der Waals surface area contributed by atoms with Crippen LogP contribution in [0.2, 0.25) is 0 Å². The van der Waals surface area contributed by atoms with Gasteiger partial charge in [0.15, 0.2) is 5.65 Å². The van der Waals surface area contributed by atoms with E-state index in [1.165, 1.54) is 6.07 Å². The van der Waals surface area contributed by atoms with E-state index in [0.29, 0.717) is 31.9 Å². The lowest BCUT2D eigenvalue weighted by Crippen LogP contribution is -2.52. The number of fused-ring (bicyclic) bond motifs is 1. The van der Waals surface area contributed by atoms with E-state index in [0.717, 1.165) is 37.4 Å². The molecule has 0 N–H and O–H groups in total. The molecule has 2 fully saturated rings. The molecule has 4 heterocycles. The summed E-state index contributed by atoms with van der Waals surface area (Å²) in [5, 5.41) is 12.4. The molecule has 0 bridgehead atoms. The minimum Gasteiger partial charge on any atom is -0.366 e. The maximum atomic E-state index is 14.0. The van der Waals surface area contributed by atoms with E-state index in [1.54, 1.807) is 23.0 Å². The second-order valence-corrected chi connectivity index (χ2v) is 7.85. The Bertz CT molecular complexity index is 1040. The summed E-state index contributed by atoms with van der Waals surface area (Å²) in [5.41, 5.74) is 1.34. The largest absolute Gasteiger partial charge is 0.366 e. The summed E-state index contributed by atoms with van der Waals surface area (Å²) in [7, 11) is 0. The summed E-state index contributed by atoms with van der Waals surface area (Å²) in [5.74, 6) is 0.944. The monoisotopic (exact) mass is 409 g/mol. The molecule has 156 valence electrons. The molecule has 30 heavy (non-hydrogen) atoms. The minimum atomic E-state index is -0.206. The van der Waals surface area contributed by atoms with Gasteiger partial charge in [-0.1, -0.05) is 12.1 Å². The highest BCUT2D eigenvalue weighted by Gasteiger charge is 2.31. The molecule has 0 atom stereocenters. The number of hydrogen-bond donors (Lipinski definition) is 0. The number of benzene rings is 1. The minimum absolute atomic E-state index is 0.0416. The van der Waals surface area contributed by atoms with Crippen LogP contribution in [-0.4, -0.2) is 69.9 Å². The van der Waals surface area contributed by atoms with Crippen LogP contribution in [0.3, 0.4) is 0 Å². The molecule has 1 amide bonds. The van der Waals surface area contributed by atoms with Crippen molar-refractivity contribution in [1.82, 2.24) is 24.7 Å². The molecular weight excluding hydrogens is 385 g/mol. The molecule has 3 aromatic rings. The Balaban J connectivity index is 1.16. The summed E-state index contributed by atoms with van der Waals surface area (Å²) in [4.78, 5) is 19.2. The summed E-state index contributed by atoms with van der Waals surface area (Å²) in [6.45, 7) is 4.19. The van der Waals surface area contributed by atoms with Gasteiger partial charge in [-0.05, 0) is 37.1 Å². The third-order valence-electron chi connectivity index (χ3n) is 6.10. The fourth-order valence-electron chi connectivity index (χ4n) is 4.38. The number of piperidine rings is 1. The zero-order chi connectivity index (χ0) is 20.5. The van der Waals surface area contributed by atoms with Crippen LogP contribution < -0.4 is 9.80 Å². The van der Waals surface area contributed by atoms with Gasteiger partial charge in [0.05, 0.1) is 5.69 Å². The Morgan fingerprint density at radius 1 is 0.933 bits per heavy atom. The highest BCUT2D eigenvalue weighted by atomic mass is 19.1. The highest BCUT2D eigenvalue weighted by Crippen LogP contribution is 2.25. The van der Waals surface area contributed by atoms with Crippen molar-refractivity contribution in [2.24, 2.45) is 5.92 Å². The van der Waals surface area contributed by atoms with E-state index in [4.69, 9.17) is 0 Å². The number of carbonyl (C=O) groups excluding carboxylic acids is 1. The van der Waals surface area contributed by atoms with Gasteiger partial charge in [0.2, 0.25) is 5.91 Å². The van der Waals surface area contributed by atoms with E-state index < -0.39 is 0 Å². The molecule has 0 radical (unpaired) electrons. The first kappa shape index (κ1) is 18.8. The Hall–Kier alpha value is -3.23. The first-order valence-electron chi connectivity index (χ1n) is 10.4. The average Bonchev–Trinajstić information content (AvgIpc) is 3.27. The van der Waals surface area contributed by atoms with Crippen LogP contribution in [0.5, 0.6) is 0 Å². The third-order valence-corrected chi connectivity index (χ3v) is 6.10. The molecule has 8 nitrogen and oxygen atoms in total. The first-order chi connectivity index (χ1) is 14.7. The predicted molar refractivity (Wildman–Crippen MR) is 111 cm³/mol. The van der Waals surface area contributed by atoms with Gasteiger partial charge in [-0.2, -0.15) is 4.52 Å². The molecule has 2 aliphatic rings. The van der Waals surface area contributed by atoms with Gasteiger partial charge in [0.1, 0.15) is 18.0 Å². The number of hydrogen-bond acceptors (Lipinski definition) is 6. The zero-order valence-corrected chi connectivity index (χ0v) is 16.7. The fourth-order valence-corrected chi connectivity index (χ4v) is 4.38. The van der Waals surface area contributed by atoms with Crippen LogP contribution in [0.25, 0.3) is 5.65 Å². The maximum Gasteiger partial charge on any atom is 0.225 e. The van der Waals surface area contributed by atoms with Crippen LogP contribution >= 0.6 is 0 Å². The molecular formula is C21H24FN7O. The van der Waals surface area contributed by atoms with Crippen LogP contribution in [-0.2, 0) is 4.79 Å². The molecule has 0 saturated carbocycles. The maximum absolute atomic E-state index is 14.0. The number of carbonyl (C=O) groups is 1. The van der Waals surface area contributed by atoms with E-state index in [-0.39, 0.29) is 17.6 Å². The van der Waals surface area contributed by atoms with E-state index in [1.807, 2.05) is 28.0 Å². The number of amides is 1. The summed E-state index contributed by atoms with van der Waals surface area (Å²) < 4.78 is 15.7. The van der Waals surface area contributed by atoms with Crippen molar-refractivity contribution in [3.63, 3.8) is 0 Å². The number of piperazine rings is 1. The standard InChI is InChI=1S/C21H24FN7O/c22-17-3-1-2-4-18(17)26-11-13-28(14-12-26)21(30)16-7-9-27(10-8-16)20-6-5-19-24-23-15-29(19)25-20/h1-6,15-16H,7-14H2. The Labute approximate surface area is 173 Å². The average molecular weight is 409 g/mol. The number of rotatable bonds is 3. The molecule has 9 heteroatoms. The van der Waals surface area contributed by atoms with Crippen molar-refractivity contribution in [1.29, 1.82) is 0 Å². The molecule has 0 aliphatic carbocycles. The van der Waals surface area contributed by atoms with Crippen LogP contribution in [0.4, 0.5) is 15.9 Å². The van der Waals surface area contributed by atoms with E-state index in [9.17, 15) is 9.18 Å². The summed E-state index contributed by atoms with van der Waals surface area (Å²) >= 11 is 0. The lowest BCUT2D eigenvalue weighted by atomic mass is 9.95. The molecule has 2 aliphatic heterocycles.